The number of thioether (sulfide) groups is 2. The number of carbonyl (C=O) groups is 1. The third-order valence-electron chi connectivity index (χ3n) is 4.58. The summed E-state index contributed by atoms with van der Waals surface area (Å²) < 4.78 is 1.09. The normalized spacial score (nSPS) is 11.0. The standard InChI is InChI=1S/C23H20N2OS3/c1-27-17-12-13-19-21(14-17)29-23(24-19)25(15-16-8-4-3-5-9-16)22(26)18-10-6-7-11-20(18)28-2/h3-14H,15H2,1-2H3. The predicted molar refractivity (Wildman–Crippen MR) is 127 cm³/mol. The van der Waals surface area contributed by atoms with Crippen molar-refractivity contribution >= 4 is 56.1 Å². The van der Waals surface area contributed by atoms with Crippen molar-refractivity contribution in [2.24, 2.45) is 0 Å². The molecule has 4 aromatic rings. The first-order chi connectivity index (χ1) is 14.2. The van der Waals surface area contributed by atoms with Crippen LogP contribution in [-0.2, 0) is 6.54 Å². The van der Waals surface area contributed by atoms with E-state index in [1.54, 1.807) is 39.8 Å². The Labute approximate surface area is 183 Å². The van der Waals surface area contributed by atoms with Gasteiger partial charge in [0, 0.05) is 9.79 Å². The number of benzene rings is 3. The SMILES string of the molecule is CSc1ccc2nc(N(Cc3ccccc3)C(=O)c3ccccc3SC)sc2c1. The van der Waals surface area contributed by atoms with Crippen molar-refractivity contribution in [2.45, 2.75) is 16.3 Å². The van der Waals surface area contributed by atoms with Gasteiger partial charge in [-0.2, -0.15) is 0 Å². The van der Waals surface area contributed by atoms with Crippen molar-refractivity contribution in [1.29, 1.82) is 0 Å². The summed E-state index contributed by atoms with van der Waals surface area (Å²) in [6.07, 6.45) is 4.06. The van der Waals surface area contributed by atoms with E-state index < -0.39 is 0 Å². The predicted octanol–water partition coefficient (Wildman–Crippen LogP) is 6.59. The highest BCUT2D eigenvalue weighted by atomic mass is 32.2. The zero-order valence-electron chi connectivity index (χ0n) is 16.2. The van der Waals surface area contributed by atoms with Crippen molar-refractivity contribution in [3.05, 3.63) is 83.9 Å². The van der Waals surface area contributed by atoms with Gasteiger partial charge in [-0.1, -0.05) is 53.8 Å². The van der Waals surface area contributed by atoms with Gasteiger partial charge in [0.25, 0.3) is 5.91 Å². The summed E-state index contributed by atoms with van der Waals surface area (Å²) in [5.74, 6) is -0.0250. The number of hydrogen-bond acceptors (Lipinski definition) is 5. The molecule has 146 valence electrons. The van der Waals surface area contributed by atoms with Crippen LogP contribution < -0.4 is 4.90 Å². The molecule has 0 saturated carbocycles. The van der Waals surface area contributed by atoms with Crippen molar-refractivity contribution < 1.29 is 4.79 Å². The van der Waals surface area contributed by atoms with Crippen LogP contribution in [0.1, 0.15) is 15.9 Å². The minimum absolute atomic E-state index is 0.0250. The van der Waals surface area contributed by atoms with Gasteiger partial charge in [0.05, 0.1) is 22.3 Å². The molecule has 0 atom stereocenters. The molecule has 1 aromatic heterocycles. The van der Waals surface area contributed by atoms with Crippen LogP contribution in [-0.4, -0.2) is 23.4 Å². The van der Waals surface area contributed by atoms with Gasteiger partial charge < -0.3 is 0 Å². The molecule has 3 nitrogen and oxygen atoms in total. The lowest BCUT2D eigenvalue weighted by molar-refractivity contribution is 0.0982. The van der Waals surface area contributed by atoms with Gasteiger partial charge in [0.1, 0.15) is 0 Å². The second kappa shape index (κ2) is 9.03. The lowest BCUT2D eigenvalue weighted by atomic mass is 10.1. The summed E-state index contributed by atoms with van der Waals surface area (Å²) >= 11 is 4.86. The Morgan fingerprint density at radius 1 is 0.966 bits per heavy atom. The average Bonchev–Trinajstić information content (AvgIpc) is 3.20. The molecule has 6 heteroatoms. The summed E-state index contributed by atoms with van der Waals surface area (Å²) in [6, 6.07) is 24.1. The molecule has 0 aliphatic carbocycles. The topological polar surface area (TPSA) is 33.2 Å². The van der Waals surface area contributed by atoms with Gasteiger partial charge in [-0.3, -0.25) is 9.69 Å². The van der Waals surface area contributed by atoms with Gasteiger partial charge in [0.2, 0.25) is 0 Å². The van der Waals surface area contributed by atoms with Crippen molar-refractivity contribution in [1.82, 2.24) is 4.98 Å². The Morgan fingerprint density at radius 2 is 1.72 bits per heavy atom. The number of anilines is 1. The fourth-order valence-corrected chi connectivity index (χ4v) is 5.20. The molecule has 0 bridgehead atoms. The molecule has 1 amide bonds. The first-order valence-corrected chi connectivity index (χ1v) is 12.4. The van der Waals surface area contributed by atoms with Crippen LogP contribution >= 0.6 is 34.9 Å². The third-order valence-corrected chi connectivity index (χ3v) is 7.14. The summed E-state index contributed by atoms with van der Waals surface area (Å²) in [7, 11) is 0. The number of amides is 1. The molecular weight excluding hydrogens is 416 g/mol. The van der Waals surface area contributed by atoms with Crippen LogP contribution in [0.3, 0.4) is 0 Å². The molecule has 3 aromatic carbocycles. The van der Waals surface area contributed by atoms with Crippen LogP contribution in [0.2, 0.25) is 0 Å². The van der Waals surface area contributed by atoms with E-state index in [-0.39, 0.29) is 5.91 Å². The van der Waals surface area contributed by atoms with Gasteiger partial charge >= 0.3 is 0 Å². The van der Waals surface area contributed by atoms with E-state index in [4.69, 9.17) is 4.98 Å². The molecular formula is C23H20N2OS3. The van der Waals surface area contributed by atoms with Crippen molar-refractivity contribution in [3.8, 4) is 0 Å². The molecule has 0 fully saturated rings. The van der Waals surface area contributed by atoms with Crippen LogP contribution in [0.4, 0.5) is 5.13 Å². The summed E-state index contributed by atoms with van der Waals surface area (Å²) in [5.41, 5.74) is 2.71. The third kappa shape index (κ3) is 4.34. The molecule has 0 spiro atoms. The minimum atomic E-state index is -0.0250. The second-order valence-electron chi connectivity index (χ2n) is 6.41. The van der Waals surface area contributed by atoms with Gasteiger partial charge in [-0.25, -0.2) is 4.98 Å². The fourth-order valence-electron chi connectivity index (χ4n) is 3.09. The van der Waals surface area contributed by atoms with E-state index in [0.717, 1.165) is 25.8 Å². The van der Waals surface area contributed by atoms with E-state index in [1.165, 1.54) is 4.90 Å². The summed E-state index contributed by atoms with van der Waals surface area (Å²) in [6.45, 7) is 0.484. The molecule has 0 radical (unpaired) electrons. The smallest absolute Gasteiger partial charge is 0.261 e. The Hall–Kier alpha value is -2.28. The molecule has 0 aliphatic heterocycles. The maximum atomic E-state index is 13.6. The zero-order chi connectivity index (χ0) is 20.2. The first kappa shape index (κ1) is 20.0. The van der Waals surface area contributed by atoms with E-state index >= 15 is 0 Å². The van der Waals surface area contributed by atoms with E-state index in [2.05, 4.69) is 18.4 Å². The van der Waals surface area contributed by atoms with Crippen molar-refractivity contribution in [3.63, 3.8) is 0 Å². The zero-order valence-corrected chi connectivity index (χ0v) is 18.6. The highest BCUT2D eigenvalue weighted by Gasteiger charge is 2.23. The average molecular weight is 437 g/mol. The number of thiazole rings is 1. The largest absolute Gasteiger partial charge is 0.279 e. The Balaban J connectivity index is 1.79. The fraction of sp³-hybridized carbons (Fsp3) is 0.130. The van der Waals surface area contributed by atoms with E-state index in [9.17, 15) is 4.79 Å². The van der Waals surface area contributed by atoms with E-state index in [1.807, 2.05) is 66.9 Å². The van der Waals surface area contributed by atoms with Crippen molar-refractivity contribution in [2.75, 3.05) is 17.4 Å². The van der Waals surface area contributed by atoms with Gasteiger partial charge in [-0.15, -0.1) is 23.5 Å². The minimum Gasteiger partial charge on any atom is -0.279 e. The Kier molecular flexibility index (Phi) is 6.23. The van der Waals surface area contributed by atoms with Gasteiger partial charge in [0.15, 0.2) is 5.13 Å². The summed E-state index contributed by atoms with van der Waals surface area (Å²) in [4.78, 5) is 22.4. The summed E-state index contributed by atoms with van der Waals surface area (Å²) in [5, 5.41) is 0.725. The Morgan fingerprint density at radius 3 is 2.48 bits per heavy atom. The number of aromatic nitrogens is 1. The molecule has 0 aliphatic rings. The number of rotatable bonds is 6. The number of nitrogens with zero attached hydrogens (tertiary/aromatic N) is 2. The maximum Gasteiger partial charge on any atom is 0.261 e. The van der Waals surface area contributed by atoms with Crippen LogP contribution in [0.15, 0.2) is 82.6 Å². The lowest BCUT2D eigenvalue weighted by Gasteiger charge is -2.21. The quantitative estimate of drug-likeness (QED) is 0.319. The number of hydrogen-bond donors (Lipinski definition) is 0. The highest BCUT2D eigenvalue weighted by Crippen LogP contribution is 2.34. The maximum absolute atomic E-state index is 13.6. The molecule has 4 rings (SSSR count). The second-order valence-corrected chi connectivity index (χ2v) is 9.14. The van der Waals surface area contributed by atoms with Crippen LogP contribution in [0.25, 0.3) is 10.2 Å². The van der Waals surface area contributed by atoms with E-state index in [0.29, 0.717) is 12.1 Å². The Bertz CT molecular complexity index is 1140. The number of carbonyl (C=O) groups excluding carboxylic acids is 1. The lowest BCUT2D eigenvalue weighted by Crippen LogP contribution is -2.30. The molecule has 1 heterocycles. The van der Waals surface area contributed by atoms with Crippen LogP contribution in [0.5, 0.6) is 0 Å². The van der Waals surface area contributed by atoms with Crippen LogP contribution in [0, 0.1) is 0 Å². The molecule has 0 N–H and O–H groups in total. The monoisotopic (exact) mass is 436 g/mol. The molecule has 0 saturated heterocycles. The highest BCUT2D eigenvalue weighted by molar-refractivity contribution is 7.98. The number of fused-ring (bicyclic) bond motifs is 1. The molecule has 29 heavy (non-hydrogen) atoms. The van der Waals surface area contributed by atoms with Gasteiger partial charge in [-0.05, 0) is 48.4 Å². The molecule has 0 unspecified atom stereocenters. The first-order valence-electron chi connectivity index (χ1n) is 9.13.